The van der Waals surface area contributed by atoms with E-state index in [1.54, 1.807) is 0 Å². The third-order valence-corrected chi connectivity index (χ3v) is 4.36. The van der Waals surface area contributed by atoms with Crippen LogP contribution < -0.4 is 0 Å². The van der Waals surface area contributed by atoms with Crippen LogP contribution in [0.1, 0.15) is 70.8 Å². The fourth-order valence-corrected chi connectivity index (χ4v) is 2.76. The number of hydrogen-bond donors (Lipinski definition) is 2. The van der Waals surface area contributed by atoms with Crippen molar-refractivity contribution in [3.8, 4) is 0 Å². The van der Waals surface area contributed by atoms with Crippen molar-refractivity contribution in [2.24, 2.45) is 0 Å². The maximum Gasteiger partial charge on any atom is 0.0799 e. The van der Waals surface area contributed by atoms with E-state index < -0.39 is 5.60 Å². The van der Waals surface area contributed by atoms with Gasteiger partial charge >= 0.3 is 0 Å². The van der Waals surface area contributed by atoms with Crippen LogP contribution in [0.4, 0.5) is 0 Å². The monoisotopic (exact) mass is 348 g/mol. The van der Waals surface area contributed by atoms with Crippen molar-refractivity contribution in [2.75, 3.05) is 6.61 Å². The van der Waals surface area contributed by atoms with Gasteiger partial charge in [-0.1, -0.05) is 68.7 Å². The Bertz CT molecular complexity index is 454. The van der Waals surface area contributed by atoms with Crippen LogP contribution in [-0.4, -0.2) is 28.5 Å². The number of ether oxygens (including phenoxy) is 1. The molecule has 0 aliphatic rings. The zero-order valence-electron chi connectivity index (χ0n) is 16.0. The molecule has 0 spiro atoms. The van der Waals surface area contributed by atoms with Crippen molar-refractivity contribution in [1.82, 2.24) is 0 Å². The molecule has 1 aromatic rings. The van der Waals surface area contributed by atoms with Gasteiger partial charge < -0.3 is 14.9 Å². The molecule has 2 atom stereocenters. The maximum atomic E-state index is 10.2. The third-order valence-electron chi connectivity index (χ3n) is 4.36. The van der Waals surface area contributed by atoms with E-state index in [1.165, 1.54) is 5.56 Å². The molecule has 0 aliphatic heterocycles. The number of benzene rings is 1. The molecule has 0 saturated carbocycles. The van der Waals surface area contributed by atoms with E-state index in [0.29, 0.717) is 13.0 Å². The van der Waals surface area contributed by atoms with Crippen LogP contribution in [0.5, 0.6) is 0 Å². The first-order valence-electron chi connectivity index (χ1n) is 9.73. The van der Waals surface area contributed by atoms with Crippen molar-refractivity contribution in [3.05, 3.63) is 48.0 Å². The van der Waals surface area contributed by atoms with Crippen LogP contribution in [0.25, 0.3) is 0 Å². The Kier molecular flexibility index (Phi) is 11.5. The lowest BCUT2D eigenvalue weighted by Gasteiger charge is -2.19. The minimum absolute atomic E-state index is 0.336. The van der Waals surface area contributed by atoms with Crippen LogP contribution in [0.15, 0.2) is 42.5 Å². The number of unbranched alkanes of at least 4 members (excludes halogenated alkanes) is 3. The summed E-state index contributed by atoms with van der Waals surface area (Å²) in [6, 6.07) is 10.2. The second-order valence-electron chi connectivity index (χ2n) is 7.14. The van der Waals surface area contributed by atoms with Gasteiger partial charge in [0.25, 0.3) is 0 Å². The summed E-state index contributed by atoms with van der Waals surface area (Å²) in [4.78, 5) is 0. The summed E-state index contributed by atoms with van der Waals surface area (Å²) >= 11 is 0. The summed E-state index contributed by atoms with van der Waals surface area (Å²) in [6.07, 6.45) is 10.9. The Morgan fingerprint density at radius 3 is 2.60 bits per heavy atom. The normalized spacial score (nSPS) is 15.4. The molecule has 0 aliphatic carbocycles. The summed E-state index contributed by atoms with van der Waals surface area (Å²) in [5, 5.41) is 20.3. The first kappa shape index (κ1) is 21.9. The van der Waals surface area contributed by atoms with Gasteiger partial charge in [-0.15, -0.1) is 0 Å². The molecule has 1 rings (SSSR count). The van der Waals surface area contributed by atoms with Crippen LogP contribution in [0.3, 0.4) is 0 Å². The van der Waals surface area contributed by atoms with Crippen LogP contribution >= 0.6 is 0 Å². The molecule has 1 aromatic carbocycles. The molecule has 0 amide bonds. The predicted molar refractivity (Wildman–Crippen MR) is 104 cm³/mol. The molecule has 0 radical (unpaired) electrons. The fraction of sp³-hybridized carbons (Fsp3) is 0.636. The van der Waals surface area contributed by atoms with Gasteiger partial charge in [0.1, 0.15) is 0 Å². The number of aliphatic hydroxyl groups excluding tert-OH is 1. The lowest BCUT2D eigenvalue weighted by molar-refractivity contribution is 0.0972. The van der Waals surface area contributed by atoms with Crippen molar-refractivity contribution in [2.45, 2.75) is 83.5 Å². The SMILES string of the molecule is CCCCC[C@@](C)(O)/C=C\C[C@@H](O)CCCCOCc1ccccc1. The van der Waals surface area contributed by atoms with Crippen LogP contribution in [-0.2, 0) is 11.3 Å². The van der Waals surface area contributed by atoms with Gasteiger partial charge in [0.2, 0.25) is 0 Å². The lowest BCUT2D eigenvalue weighted by atomic mass is 9.97. The fourth-order valence-electron chi connectivity index (χ4n) is 2.76. The van der Waals surface area contributed by atoms with Crippen molar-refractivity contribution >= 4 is 0 Å². The Balaban J connectivity index is 2.04. The molecule has 0 aromatic heterocycles. The van der Waals surface area contributed by atoms with Crippen molar-refractivity contribution in [1.29, 1.82) is 0 Å². The van der Waals surface area contributed by atoms with E-state index in [0.717, 1.165) is 51.6 Å². The highest BCUT2D eigenvalue weighted by molar-refractivity contribution is 5.13. The van der Waals surface area contributed by atoms with E-state index in [4.69, 9.17) is 4.74 Å². The van der Waals surface area contributed by atoms with Gasteiger partial charge in [-0.25, -0.2) is 0 Å². The van der Waals surface area contributed by atoms with Gasteiger partial charge in [-0.2, -0.15) is 0 Å². The Morgan fingerprint density at radius 2 is 1.88 bits per heavy atom. The molecule has 3 heteroatoms. The topological polar surface area (TPSA) is 49.7 Å². The molecule has 0 unspecified atom stereocenters. The summed E-state index contributed by atoms with van der Waals surface area (Å²) < 4.78 is 5.65. The molecule has 25 heavy (non-hydrogen) atoms. The minimum Gasteiger partial charge on any atom is -0.393 e. The van der Waals surface area contributed by atoms with Crippen LogP contribution in [0, 0.1) is 0 Å². The standard InChI is InChI=1S/C22H36O3/c1-3-4-9-16-22(2,24)17-11-15-21(23)14-8-10-18-25-19-20-12-6-5-7-13-20/h5-7,11-13,17,21,23-24H,3-4,8-10,14-16,18-19H2,1-2H3/b17-11-/t21-,22+/m0/s1. The molecule has 3 nitrogen and oxygen atoms in total. The van der Waals surface area contributed by atoms with E-state index >= 15 is 0 Å². The Hall–Kier alpha value is -1.16. The number of hydrogen-bond acceptors (Lipinski definition) is 3. The second-order valence-corrected chi connectivity index (χ2v) is 7.14. The Labute approximate surface area is 153 Å². The number of aliphatic hydroxyl groups is 2. The molecule has 0 fully saturated rings. The average molecular weight is 349 g/mol. The first-order chi connectivity index (χ1) is 12.0. The maximum absolute atomic E-state index is 10.2. The zero-order valence-corrected chi connectivity index (χ0v) is 16.0. The zero-order chi connectivity index (χ0) is 18.4. The van der Waals surface area contributed by atoms with E-state index in [-0.39, 0.29) is 6.10 Å². The second kappa shape index (κ2) is 13.1. The third kappa shape index (κ3) is 11.9. The first-order valence-corrected chi connectivity index (χ1v) is 9.73. The molecular weight excluding hydrogens is 312 g/mol. The summed E-state index contributed by atoms with van der Waals surface area (Å²) in [6.45, 7) is 5.38. The van der Waals surface area contributed by atoms with Gasteiger partial charge in [0.15, 0.2) is 0 Å². The van der Waals surface area contributed by atoms with Crippen molar-refractivity contribution < 1.29 is 14.9 Å². The quantitative estimate of drug-likeness (QED) is 0.367. The molecule has 0 heterocycles. The summed E-state index contributed by atoms with van der Waals surface area (Å²) in [5.41, 5.74) is 0.443. The van der Waals surface area contributed by atoms with Crippen LogP contribution in [0.2, 0.25) is 0 Å². The smallest absolute Gasteiger partial charge is 0.0799 e. The number of rotatable bonds is 14. The van der Waals surface area contributed by atoms with Gasteiger partial charge in [0.05, 0.1) is 18.3 Å². The van der Waals surface area contributed by atoms with Gasteiger partial charge in [0, 0.05) is 6.61 Å². The lowest BCUT2D eigenvalue weighted by Crippen LogP contribution is -2.20. The average Bonchev–Trinajstić information content (AvgIpc) is 2.59. The summed E-state index contributed by atoms with van der Waals surface area (Å²) in [5.74, 6) is 0. The molecule has 142 valence electrons. The molecular formula is C22H36O3. The molecule has 2 N–H and O–H groups in total. The van der Waals surface area contributed by atoms with Crippen molar-refractivity contribution in [3.63, 3.8) is 0 Å². The van der Waals surface area contributed by atoms with Gasteiger partial charge in [-0.05, 0) is 44.6 Å². The molecule has 0 saturated heterocycles. The van der Waals surface area contributed by atoms with Gasteiger partial charge in [-0.3, -0.25) is 0 Å². The summed E-state index contributed by atoms with van der Waals surface area (Å²) in [7, 11) is 0. The highest BCUT2D eigenvalue weighted by atomic mass is 16.5. The van der Waals surface area contributed by atoms with E-state index in [2.05, 4.69) is 19.1 Å². The highest BCUT2D eigenvalue weighted by Crippen LogP contribution is 2.17. The Morgan fingerprint density at radius 1 is 1.12 bits per heavy atom. The van der Waals surface area contributed by atoms with E-state index in [1.807, 2.05) is 37.3 Å². The molecule has 0 bridgehead atoms. The largest absolute Gasteiger partial charge is 0.393 e. The van der Waals surface area contributed by atoms with E-state index in [9.17, 15) is 10.2 Å². The minimum atomic E-state index is -0.750. The predicted octanol–water partition coefficient (Wildman–Crippen LogP) is 5.01. The highest BCUT2D eigenvalue weighted by Gasteiger charge is 2.15.